The van der Waals surface area contributed by atoms with Gasteiger partial charge in [0.15, 0.2) is 0 Å². The highest BCUT2D eigenvalue weighted by molar-refractivity contribution is 5.85. The molecule has 0 radical (unpaired) electrons. The first-order chi connectivity index (χ1) is 13.3. The van der Waals surface area contributed by atoms with E-state index >= 15 is 0 Å². The van der Waals surface area contributed by atoms with E-state index in [1.165, 1.54) is 32.4 Å². The molecule has 0 atom stereocenters. The highest BCUT2D eigenvalue weighted by Crippen LogP contribution is 2.15. The number of nitrogens with one attached hydrogen (secondary N) is 1. The zero-order chi connectivity index (χ0) is 18.5. The Bertz CT molecular complexity index is 933. The van der Waals surface area contributed by atoms with Gasteiger partial charge in [-0.1, -0.05) is 36.8 Å². The molecule has 0 saturated carbocycles. The maximum absolute atomic E-state index is 8.73. The number of ether oxygens (including phenoxy) is 1. The Balaban J connectivity index is 0.00000150. The Kier molecular flexibility index (Phi) is 9.08. The average Bonchev–Trinajstić information content (AvgIpc) is 2.99. The smallest absolute Gasteiger partial charge is 0.203 e. The summed E-state index contributed by atoms with van der Waals surface area (Å²) < 4.78 is 10.1. The third-order valence-corrected chi connectivity index (χ3v) is 5.39. The number of hydrogen-bond acceptors (Lipinski definition) is 3. The van der Waals surface area contributed by atoms with Crippen molar-refractivity contribution in [1.82, 2.24) is 14.0 Å². The van der Waals surface area contributed by atoms with Crippen LogP contribution < -0.4 is 10.4 Å². The first kappa shape index (κ1) is 23.3. The Hall–Kier alpha value is -1.95. The lowest BCUT2D eigenvalue weighted by molar-refractivity contribution is 0.220. The van der Waals surface area contributed by atoms with E-state index in [4.69, 9.17) is 10.1 Å². The van der Waals surface area contributed by atoms with Gasteiger partial charge in [0.05, 0.1) is 17.6 Å². The summed E-state index contributed by atoms with van der Waals surface area (Å²) in [7, 11) is 0. The summed E-state index contributed by atoms with van der Waals surface area (Å²) in [5.74, 6) is 0.874. The molecule has 7 heteroatoms. The molecule has 0 amide bonds. The lowest BCUT2D eigenvalue weighted by Crippen LogP contribution is -2.35. The standard InChI is InChI=1S/C22H28N4O.2ClH/c23-22-25(16-15-24-13-7-2-8-14-24)20-11-5-6-12-21(20)26(22)17-18-27-19-9-3-1-4-10-19;;/h1,3-6,9-12,23H,2,7-8,13-18H2;2*1H. The number of para-hydroxylation sites is 3. The quantitative estimate of drug-likeness (QED) is 0.598. The molecule has 1 aliphatic heterocycles. The van der Waals surface area contributed by atoms with Crippen molar-refractivity contribution in [2.75, 3.05) is 26.2 Å². The number of nitrogens with zero attached hydrogens (tertiary/aromatic N) is 3. The van der Waals surface area contributed by atoms with Gasteiger partial charge in [-0.15, -0.1) is 24.8 Å². The van der Waals surface area contributed by atoms with Gasteiger partial charge >= 0.3 is 0 Å². The van der Waals surface area contributed by atoms with E-state index < -0.39 is 0 Å². The predicted octanol–water partition coefficient (Wildman–Crippen LogP) is 4.33. The molecule has 1 aliphatic rings. The molecule has 5 nitrogen and oxygen atoms in total. The second-order valence-electron chi connectivity index (χ2n) is 7.18. The summed E-state index contributed by atoms with van der Waals surface area (Å²) in [6.45, 7) is 5.50. The van der Waals surface area contributed by atoms with Crippen LogP contribution >= 0.6 is 24.8 Å². The molecule has 1 fully saturated rings. The molecule has 0 unspecified atom stereocenters. The van der Waals surface area contributed by atoms with Crippen LogP contribution in [-0.4, -0.2) is 40.3 Å². The van der Waals surface area contributed by atoms with E-state index in [1.54, 1.807) is 0 Å². The highest BCUT2D eigenvalue weighted by atomic mass is 35.5. The number of likely N-dealkylation sites (tertiary alicyclic amines) is 1. The number of aromatic nitrogens is 2. The lowest BCUT2D eigenvalue weighted by atomic mass is 10.1. The number of piperidine rings is 1. The fourth-order valence-electron chi connectivity index (χ4n) is 3.94. The minimum absolute atomic E-state index is 0. The number of imidazole rings is 1. The third kappa shape index (κ3) is 5.56. The second kappa shape index (κ2) is 11.3. The van der Waals surface area contributed by atoms with Crippen molar-refractivity contribution in [3.63, 3.8) is 0 Å². The van der Waals surface area contributed by atoms with E-state index in [0.717, 1.165) is 29.9 Å². The van der Waals surface area contributed by atoms with Crippen molar-refractivity contribution >= 4 is 35.8 Å². The molecular weight excluding hydrogens is 407 g/mol. The molecule has 2 heterocycles. The van der Waals surface area contributed by atoms with Crippen molar-refractivity contribution in [2.45, 2.75) is 32.4 Å². The molecule has 1 saturated heterocycles. The summed E-state index contributed by atoms with van der Waals surface area (Å²) in [5.41, 5.74) is 2.81. The van der Waals surface area contributed by atoms with E-state index in [1.807, 2.05) is 36.4 Å². The summed E-state index contributed by atoms with van der Waals surface area (Å²) >= 11 is 0. The SMILES string of the molecule is Cl.Cl.N=c1n(CCOc2ccccc2)c2ccccc2n1CCN1CCCCC1. The summed E-state index contributed by atoms with van der Waals surface area (Å²) in [6.07, 6.45) is 3.96. The Labute approximate surface area is 184 Å². The van der Waals surface area contributed by atoms with Crippen LogP contribution in [0.4, 0.5) is 0 Å². The summed E-state index contributed by atoms with van der Waals surface area (Å²) in [5, 5.41) is 8.73. The molecule has 0 spiro atoms. The van der Waals surface area contributed by atoms with Gasteiger partial charge in [0.25, 0.3) is 0 Å². The zero-order valence-electron chi connectivity index (χ0n) is 16.6. The molecule has 158 valence electrons. The van der Waals surface area contributed by atoms with Gasteiger partial charge < -0.3 is 18.8 Å². The van der Waals surface area contributed by atoms with Crippen LogP contribution in [0.5, 0.6) is 5.75 Å². The highest BCUT2D eigenvalue weighted by Gasteiger charge is 2.13. The van der Waals surface area contributed by atoms with Crippen LogP contribution in [-0.2, 0) is 13.1 Å². The number of halogens is 2. The van der Waals surface area contributed by atoms with Crippen LogP contribution in [0.3, 0.4) is 0 Å². The molecule has 4 rings (SSSR count). The molecule has 0 aliphatic carbocycles. The maximum atomic E-state index is 8.73. The van der Waals surface area contributed by atoms with Crippen molar-refractivity contribution in [3.8, 4) is 5.75 Å². The van der Waals surface area contributed by atoms with Crippen molar-refractivity contribution < 1.29 is 4.74 Å². The Morgan fingerprint density at radius 3 is 1.97 bits per heavy atom. The molecule has 29 heavy (non-hydrogen) atoms. The molecule has 1 aromatic heterocycles. The van der Waals surface area contributed by atoms with Gasteiger partial charge in [-0.3, -0.25) is 5.41 Å². The Morgan fingerprint density at radius 1 is 0.724 bits per heavy atom. The second-order valence-corrected chi connectivity index (χ2v) is 7.18. The number of fused-ring (bicyclic) bond motifs is 1. The largest absolute Gasteiger partial charge is 0.492 e. The van der Waals surface area contributed by atoms with Gasteiger partial charge in [0.2, 0.25) is 5.62 Å². The average molecular weight is 437 g/mol. The minimum atomic E-state index is 0. The minimum Gasteiger partial charge on any atom is -0.492 e. The van der Waals surface area contributed by atoms with Crippen molar-refractivity contribution in [1.29, 1.82) is 5.41 Å². The summed E-state index contributed by atoms with van der Waals surface area (Å²) in [6, 6.07) is 18.2. The fourth-order valence-corrected chi connectivity index (χ4v) is 3.94. The third-order valence-electron chi connectivity index (χ3n) is 5.39. The van der Waals surface area contributed by atoms with Crippen LogP contribution in [0.15, 0.2) is 54.6 Å². The number of rotatable bonds is 7. The topological polar surface area (TPSA) is 46.2 Å². The normalized spacial score (nSPS) is 14.2. The van der Waals surface area contributed by atoms with Crippen LogP contribution in [0.2, 0.25) is 0 Å². The van der Waals surface area contributed by atoms with Gasteiger partial charge in [0, 0.05) is 13.1 Å². The van der Waals surface area contributed by atoms with Gasteiger partial charge in [-0.2, -0.15) is 0 Å². The zero-order valence-corrected chi connectivity index (χ0v) is 18.3. The van der Waals surface area contributed by atoms with Crippen LogP contribution in [0.25, 0.3) is 11.0 Å². The van der Waals surface area contributed by atoms with Gasteiger partial charge in [-0.25, -0.2) is 0 Å². The van der Waals surface area contributed by atoms with Gasteiger partial charge in [0.1, 0.15) is 12.4 Å². The van der Waals surface area contributed by atoms with Gasteiger partial charge in [-0.05, 0) is 50.2 Å². The van der Waals surface area contributed by atoms with E-state index in [-0.39, 0.29) is 24.8 Å². The summed E-state index contributed by atoms with van der Waals surface area (Å²) in [4.78, 5) is 2.53. The monoisotopic (exact) mass is 436 g/mol. The van der Waals surface area contributed by atoms with E-state index in [2.05, 4.69) is 32.2 Å². The molecular formula is C22H30Cl2N4O. The van der Waals surface area contributed by atoms with E-state index in [0.29, 0.717) is 18.8 Å². The molecule has 3 aromatic rings. The number of hydrogen-bond donors (Lipinski definition) is 1. The van der Waals surface area contributed by atoms with E-state index in [9.17, 15) is 0 Å². The van der Waals surface area contributed by atoms with Crippen LogP contribution in [0, 0.1) is 5.41 Å². The fraction of sp³-hybridized carbons (Fsp3) is 0.409. The molecule has 2 aromatic carbocycles. The predicted molar refractivity (Wildman–Crippen MR) is 123 cm³/mol. The van der Waals surface area contributed by atoms with Crippen LogP contribution in [0.1, 0.15) is 19.3 Å². The number of benzene rings is 2. The van der Waals surface area contributed by atoms with Crippen molar-refractivity contribution in [3.05, 3.63) is 60.2 Å². The molecule has 0 bridgehead atoms. The first-order valence-electron chi connectivity index (χ1n) is 9.96. The maximum Gasteiger partial charge on any atom is 0.203 e. The lowest BCUT2D eigenvalue weighted by Gasteiger charge is -2.26. The first-order valence-corrected chi connectivity index (χ1v) is 9.96. The molecule has 1 N–H and O–H groups in total. The Morgan fingerprint density at radius 2 is 1.31 bits per heavy atom. The van der Waals surface area contributed by atoms with Crippen molar-refractivity contribution in [2.24, 2.45) is 0 Å².